The number of aromatic nitrogens is 4. The predicted octanol–water partition coefficient (Wildman–Crippen LogP) is 2.14. The molecule has 1 amide bonds. The van der Waals surface area contributed by atoms with E-state index < -0.39 is 0 Å². The number of H-pyrrole nitrogens is 1. The molecule has 146 valence electrons. The van der Waals surface area contributed by atoms with Crippen molar-refractivity contribution in [3.8, 4) is 0 Å². The Hall–Kier alpha value is -2.87. The van der Waals surface area contributed by atoms with E-state index >= 15 is 0 Å². The molecule has 28 heavy (non-hydrogen) atoms. The van der Waals surface area contributed by atoms with Crippen LogP contribution in [0.25, 0.3) is 6.08 Å². The van der Waals surface area contributed by atoms with Crippen molar-refractivity contribution in [3.05, 3.63) is 46.3 Å². The molecule has 1 saturated carbocycles. The monoisotopic (exact) mass is 379 g/mol. The van der Waals surface area contributed by atoms with Crippen LogP contribution < -0.4 is 5.43 Å². The van der Waals surface area contributed by atoms with E-state index in [1.54, 1.807) is 6.20 Å². The molecule has 2 aliphatic rings. The predicted molar refractivity (Wildman–Crippen MR) is 107 cm³/mol. The van der Waals surface area contributed by atoms with Gasteiger partial charge in [0.1, 0.15) is 5.71 Å². The molecular weight excluding hydrogens is 354 g/mol. The molecule has 8 heteroatoms. The minimum Gasteiger partial charge on any atom is -0.359 e. The lowest BCUT2D eigenvalue weighted by atomic mass is 10.0. The van der Waals surface area contributed by atoms with Gasteiger partial charge in [-0.3, -0.25) is 9.69 Å². The Kier molecular flexibility index (Phi) is 5.04. The molecule has 2 N–H and O–H groups in total. The smallest absolute Gasteiger partial charge is 0.273 e. The number of aromatic amines is 1. The first-order chi connectivity index (χ1) is 13.6. The molecule has 2 aromatic rings. The molecule has 1 aliphatic carbocycles. The van der Waals surface area contributed by atoms with Gasteiger partial charge < -0.3 is 4.98 Å². The molecule has 0 atom stereocenters. The Labute approximate surface area is 164 Å². The number of carbonyl (C=O) groups is 1. The van der Waals surface area contributed by atoms with Crippen molar-refractivity contribution in [2.75, 3.05) is 13.1 Å². The van der Waals surface area contributed by atoms with Crippen LogP contribution in [0.1, 0.15) is 60.9 Å². The summed E-state index contributed by atoms with van der Waals surface area (Å²) in [5, 5.41) is 12.0. The lowest BCUT2D eigenvalue weighted by Crippen LogP contribution is -2.22. The van der Waals surface area contributed by atoms with E-state index in [4.69, 9.17) is 0 Å². The molecule has 1 fully saturated rings. The van der Waals surface area contributed by atoms with Crippen LogP contribution >= 0.6 is 0 Å². The van der Waals surface area contributed by atoms with E-state index in [0.29, 0.717) is 23.0 Å². The van der Waals surface area contributed by atoms with Crippen molar-refractivity contribution in [2.45, 2.75) is 46.1 Å². The van der Waals surface area contributed by atoms with Crippen molar-refractivity contribution in [2.24, 2.45) is 5.10 Å². The fourth-order valence-electron chi connectivity index (χ4n) is 3.68. The minimum absolute atomic E-state index is 0.248. The highest BCUT2D eigenvalue weighted by molar-refractivity contribution is 6.32. The number of nitrogens with one attached hydrogen (secondary N) is 2. The molecular formula is C20H25N7O. The maximum absolute atomic E-state index is 12.4. The van der Waals surface area contributed by atoms with E-state index in [2.05, 4.69) is 56.4 Å². The van der Waals surface area contributed by atoms with Gasteiger partial charge in [0.25, 0.3) is 5.91 Å². The Morgan fingerprint density at radius 2 is 2.04 bits per heavy atom. The number of aryl methyl sites for hydroxylation is 1. The summed E-state index contributed by atoms with van der Waals surface area (Å²) in [7, 11) is 0. The van der Waals surface area contributed by atoms with Crippen LogP contribution in [-0.4, -0.2) is 49.8 Å². The molecule has 0 unspecified atom stereocenters. The van der Waals surface area contributed by atoms with Crippen molar-refractivity contribution < 1.29 is 4.79 Å². The number of rotatable bonds is 7. The number of nitrogens with zero attached hydrogens (tertiary/aromatic N) is 5. The summed E-state index contributed by atoms with van der Waals surface area (Å²) >= 11 is 0. The maximum atomic E-state index is 12.4. The Morgan fingerprint density at radius 1 is 1.25 bits per heavy atom. The van der Waals surface area contributed by atoms with Gasteiger partial charge in [0.2, 0.25) is 5.82 Å². The zero-order chi connectivity index (χ0) is 19.7. The van der Waals surface area contributed by atoms with Crippen molar-refractivity contribution in [1.82, 2.24) is 30.5 Å². The largest absolute Gasteiger partial charge is 0.359 e. The molecule has 3 heterocycles. The Morgan fingerprint density at radius 3 is 2.68 bits per heavy atom. The average Bonchev–Trinajstić information content (AvgIpc) is 3.42. The number of amides is 1. The van der Waals surface area contributed by atoms with E-state index in [0.717, 1.165) is 31.0 Å². The summed E-state index contributed by atoms with van der Waals surface area (Å²) in [5.74, 6) is 0.648. The highest BCUT2D eigenvalue weighted by Gasteiger charge is 2.33. The van der Waals surface area contributed by atoms with E-state index in [-0.39, 0.29) is 5.91 Å². The van der Waals surface area contributed by atoms with Gasteiger partial charge in [0.15, 0.2) is 0 Å². The molecule has 0 saturated heterocycles. The second-order valence-corrected chi connectivity index (χ2v) is 7.22. The quantitative estimate of drug-likeness (QED) is 0.718. The third-order valence-electron chi connectivity index (χ3n) is 5.40. The summed E-state index contributed by atoms with van der Waals surface area (Å²) in [4.78, 5) is 22.5. The first-order valence-corrected chi connectivity index (χ1v) is 9.80. The summed E-state index contributed by atoms with van der Waals surface area (Å²) in [6.07, 6.45) is 7.32. The summed E-state index contributed by atoms with van der Waals surface area (Å²) < 4.78 is 0. The number of hydrogen-bond donors (Lipinski definition) is 2. The van der Waals surface area contributed by atoms with Gasteiger partial charge in [-0.15, -0.1) is 5.10 Å². The molecule has 0 spiro atoms. The van der Waals surface area contributed by atoms with Gasteiger partial charge in [-0.25, -0.2) is 10.4 Å². The number of hydrazone groups is 1. The third-order valence-corrected chi connectivity index (χ3v) is 5.40. The SMILES string of the molecule is CCN(CC)Cc1c(C)[nH]c(C=C2C(=O)NN=C2c2nccnn2)c1C1CC1. The second-order valence-electron chi connectivity index (χ2n) is 7.22. The molecule has 8 nitrogen and oxygen atoms in total. The van der Waals surface area contributed by atoms with Crippen LogP contribution in [-0.2, 0) is 11.3 Å². The van der Waals surface area contributed by atoms with Crippen LogP contribution in [0.15, 0.2) is 23.1 Å². The molecule has 0 radical (unpaired) electrons. The fraction of sp³-hybridized carbons (Fsp3) is 0.450. The molecule has 0 bridgehead atoms. The molecule has 4 rings (SSSR count). The van der Waals surface area contributed by atoms with Crippen LogP contribution in [0.4, 0.5) is 0 Å². The number of carbonyl (C=O) groups excluding carboxylic acids is 1. The lowest BCUT2D eigenvalue weighted by Gasteiger charge is -2.19. The van der Waals surface area contributed by atoms with Gasteiger partial charge in [0, 0.05) is 24.1 Å². The average molecular weight is 379 g/mol. The van der Waals surface area contributed by atoms with Gasteiger partial charge >= 0.3 is 0 Å². The second kappa shape index (κ2) is 7.63. The van der Waals surface area contributed by atoms with Crippen LogP contribution in [0.5, 0.6) is 0 Å². The highest BCUT2D eigenvalue weighted by atomic mass is 16.2. The van der Waals surface area contributed by atoms with Gasteiger partial charge in [0.05, 0.1) is 11.8 Å². The van der Waals surface area contributed by atoms with E-state index in [1.807, 2.05) is 6.08 Å². The Bertz CT molecular complexity index is 937. The van der Waals surface area contributed by atoms with Crippen LogP contribution in [0.2, 0.25) is 0 Å². The van der Waals surface area contributed by atoms with E-state index in [9.17, 15) is 4.79 Å². The fourth-order valence-corrected chi connectivity index (χ4v) is 3.68. The van der Waals surface area contributed by atoms with E-state index in [1.165, 1.54) is 30.2 Å². The van der Waals surface area contributed by atoms with Crippen LogP contribution in [0, 0.1) is 6.92 Å². The van der Waals surface area contributed by atoms with Crippen molar-refractivity contribution in [3.63, 3.8) is 0 Å². The van der Waals surface area contributed by atoms with Crippen molar-refractivity contribution in [1.29, 1.82) is 0 Å². The van der Waals surface area contributed by atoms with Crippen LogP contribution in [0.3, 0.4) is 0 Å². The standard InChI is InChI=1S/C20H25N7O/c1-4-27(5-2)11-15-12(3)23-16(17(15)13-6-7-13)10-14-18(24-26-20(14)28)19-21-8-9-22-25-19/h8-10,13,23H,4-7,11H2,1-3H3,(H,26,28). The minimum atomic E-state index is -0.248. The molecule has 0 aromatic carbocycles. The summed E-state index contributed by atoms with van der Waals surface area (Å²) in [5.41, 5.74) is 8.26. The molecule has 2 aromatic heterocycles. The summed E-state index contributed by atoms with van der Waals surface area (Å²) in [6, 6.07) is 0. The lowest BCUT2D eigenvalue weighted by molar-refractivity contribution is -0.116. The first-order valence-electron chi connectivity index (χ1n) is 9.80. The van der Waals surface area contributed by atoms with Gasteiger partial charge in [-0.05, 0) is 56.0 Å². The zero-order valence-electron chi connectivity index (χ0n) is 16.5. The number of hydrogen-bond acceptors (Lipinski definition) is 6. The maximum Gasteiger partial charge on any atom is 0.273 e. The topological polar surface area (TPSA) is 99.2 Å². The summed E-state index contributed by atoms with van der Waals surface area (Å²) in [6.45, 7) is 9.43. The third kappa shape index (κ3) is 3.47. The zero-order valence-corrected chi connectivity index (χ0v) is 16.5. The van der Waals surface area contributed by atoms with Gasteiger partial charge in [-0.1, -0.05) is 13.8 Å². The molecule has 1 aliphatic heterocycles. The van der Waals surface area contributed by atoms with Crippen molar-refractivity contribution >= 4 is 17.7 Å². The normalized spacial score (nSPS) is 18.1. The highest BCUT2D eigenvalue weighted by Crippen LogP contribution is 2.45. The first kappa shape index (κ1) is 18.5. The Balaban J connectivity index is 1.75. The van der Waals surface area contributed by atoms with Gasteiger partial charge in [-0.2, -0.15) is 10.2 Å².